The lowest BCUT2D eigenvalue weighted by Crippen LogP contribution is -2.08. The fourth-order valence-corrected chi connectivity index (χ4v) is 2.67. The minimum Gasteiger partial charge on any atom is -0.239 e. The highest BCUT2D eigenvalue weighted by molar-refractivity contribution is 14.1. The Morgan fingerprint density at radius 1 is 0.857 bits per heavy atom. The summed E-state index contributed by atoms with van der Waals surface area (Å²) in [5, 5.41) is 0.498. The van der Waals surface area contributed by atoms with Gasteiger partial charge < -0.3 is 0 Å². The van der Waals surface area contributed by atoms with Crippen LogP contribution >= 0.6 is 34.2 Å². The fraction of sp³-hybridized carbons (Fsp3) is 0.0588. The summed E-state index contributed by atoms with van der Waals surface area (Å²) in [6.45, 7) is 0. The Morgan fingerprint density at radius 3 is 1.86 bits per heavy atom. The zero-order valence-corrected chi connectivity index (χ0v) is 14.0. The van der Waals surface area contributed by atoms with Crippen LogP contribution in [0.2, 0.25) is 5.15 Å². The van der Waals surface area contributed by atoms with Crippen LogP contribution in [0.4, 0.5) is 0 Å². The van der Waals surface area contributed by atoms with Gasteiger partial charge in [-0.15, -0.1) is 0 Å². The van der Waals surface area contributed by atoms with E-state index in [1.807, 2.05) is 36.4 Å². The third kappa shape index (κ3) is 3.24. The van der Waals surface area contributed by atoms with E-state index >= 15 is 0 Å². The molecule has 0 aliphatic heterocycles. The molecular formula is C17H12ClIN2. The van der Waals surface area contributed by atoms with Crippen LogP contribution in [0.25, 0.3) is 0 Å². The summed E-state index contributed by atoms with van der Waals surface area (Å²) < 4.78 is 0.859. The maximum absolute atomic E-state index is 6.17. The maximum Gasteiger partial charge on any atom is 0.146 e. The van der Waals surface area contributed by atoms with Crippen molar-refractivity contribution in [3.63, 3.8) is 0 Å². The number of halogens is 2. The van der Waals surface area contributed by atoms with E-state index in [0.717, 1.165) is 20.5 Å². The first-order valence-corrected chi connectivity index (χ1v) is 7.99. The lowest BCUT2D eigenvalue weighted by molar-refractivity contribution is 0.851. The Balaban J connectivity index is 2.14. The highest BCUT2D eigenvalue weighted by Crippen LogP contribution is 2.30. The molecule has 2 aromatic carbocycles. The number of hydrogen-bond acceptors (Lipinski definition) is 2. The van der Waals surface area contributed by atoms with Gasteiger partial charge in [-0.3, -0.25) is 0 Å². The third-order valence-corrected chi connectivity index (χ3v) is 4.64. The second kappa shape index (κ2) is 6.54. The van der Waals surface area contributed by atoms with Crippen LogP contribution < -0.4 is 0 Å². The zero-order valence-electron chi connectivity index (χ0n) is 11.1. The molecule has 104 valence electrons. The topological polar surface area (TPSA) is 25.8 Å². The molecule has 0 radical (unpaired) electrons. The molecule has 0 amide bonds. The largest absolute Gasteiger partial charge is 0.239 e. The molecule has 0 spiro atoms. The van der Waals surface area contributed by atoms with Gasteiger partial charge in [-0.2, -0.15) is 0 Å². The van der Waals surface area contributed by atoms with Gasteiger partial charge in [0.2, 0.25) is 0 Å². The molecule has 0 unspecified atom stereocenters. The molecule has 0 N–H and O–H groups in total. The summed E-state index contributed by atoms with van der Waals surface area (Å²) in [6.07, 6.45) is 1.77. The Labute approximate surface area is 142 Å². The van der Waals surface area contributed by atoms with Gasteiger partial charge in [0.25, 0.3) is 0 Å². The zero-order chi connectivity index (χ0) is 14.7. The molecule has 0 aliphatic rings. The van der Waals surface area contributed by atoms with Crippen molar-refractivity contribution >= 4 is 34.2 Å². The second-order valence-corrected chi connectivity index (χ2v) is 6.14. The SMILES string of the molecule is Clc1nc(C(c2ccccc2)c2ccccc2)ncc1I. The van der Waals surface area contributed by atoms with Gasteiger partial charge in [0.1, 0.15) is 11.0 Å². The Kier molecular flexibility index (Phi) is 4.51. The fourth-order valence-electron chi connectivity index (χ4n) is 2.28. The minimum atomic E-state index is -0.0121. The summed E-state index contributed by atoms with van der Waals surface area (Å²) in [7, 11) is 0. The van der Waals surface area contributed by atoms with Crippen molar-refractivity contribution < 1.29 is 0 Å². The van der Waals surface area contributed by atoms with E-state index in [4.69, 9.17) is 11.6 Å². The minimum absolute atomic E-state index is 0.0121. The van der Waals surface area contributed by atoms with E-state index < -0.39 is 0 Å². The molecule has 0 saturated heterocycles. The molecule has 0 atom stereocenters. The van der Waals surface area contributed by atoms with E-state index in [0.29, 0.717) is 5.15 Å². The first-order chi connectivity index (χ1) is 10.3. The van der Waals surface area contributed by atoms with Crippen LogP contribution in [-0.4, -0.2) is 9.97 Å². The van der Waals surface area contributed by atoms with E-state index in [2.05, 4.69) is 56.8 Å². The van der Waals surface area contributed by atoms with Crippen LogP contribution in [-0.2, 0) is 0 Å². The number of hydrogen-bond donors (Lipinski definition) is 0. The van der Waals surface area contributed by atoms with Gasteiger partial charge in [0.05, 0.1) is 9.49 Å². The predicted octanol–water partition coefficient (Wildman–Crippen LogP) is 4.91. The Bertz CT molecular complexity index is 693. The van der Waals surface area contributed by atoms with Gasteiger partial charge in [-0.05, 0) is 33.7 Å². The lowest BCUT2D eigenvalue weighted by Gasteiger charge is -2.17. The molecule has 3 rings (SSSR count). The highest BCUT2D eigenvalue weighted by Gasteiger charge is 2.20. The van der Waals surface area contributed by atoms with Crippen molar-refractivity contribution in [2.45, 2.75) is 5.92 Å². The van der Waals surface area contributed by atoms with E-state index in [-0.39, 0.29) is 5.92 Å². The summed E-state index contributed by atoms with van der Waals surface area (Å²) in [4.78, 5) is 8.96. The van der Waals surface area contributed by atoms with Gasteiger partial charge in [0.15, 0.2) is 0 Å². The van der Waals surface area contributed by atoms with Crippen LogP contribution in [0, 0.1) is 3.57 Å². The molecular weight excluding hydrogens is 395 g/mol. The maximum atomic E-state index is 6.17. The lowest BCUT2D eigenvalue weighted by atomic mass is 9.90. The molecule has 1 aromatic heterocycles. The first kappa shape index (κ1) is 14.5. The Morgan fingerprint density at radius 2 is 1.38 bits per heavy atom. The van der Waals surface area contributed by atoms with Crippen molar-refractivity contribution in [2.75, 3.05) is 0 Å². The smallest absolute Gasteiger partial charge is 0.146 e. The monoisotopic (exact) mass is 406 g/mol. The molecule has 0 saturated carbocycles. The summed E-state index contributed by atoms with van der Waals surface area (Å²) in [5.41, 5.74) is 2.31. The summed E-state index contributed by atoms with van der Waals surface area (Å²) >= 11 is 8.31. The van der Waals surface area contributed by atoms with Crippen molar-refractivity contribution in [3.05, 3.63) is 92.5 Å². The average Bonchev–Trinajstić information content (AvgIpc) is 2.53. The third-order valence-electron chi connectivity index (χ3n) is 3.24. The summed E-state index contributed by atoms with van der Waals surface area (Å²) in [6, 6.07) is 20.5. The van der Waals surface area contributed by atoms with Crippen LogP contribution in [0.1, 0.15) is 22.9 Å². The molecule has 2 nitrogen and oxygen atoms in total. The van der Waals surface area contributed by atoms with E-state index in [9.17, 15) is 0 Å². The van der Waals surface area contributed by atoms with Gasteiger partial charge in [-0.1, -0.05) is 72.3 Å². The van der Waals surface area contributed by atoms with Crippen molar-refractivity contribution in [1.82, 2.24) is 9.97 Å². The van der Waals surface area contributed by atoms with E-state index in [1.54, 1.807) is 6.20 Å². The van der Waals surface area contributed by atoms with Gasteiger partial charge in [-0.25, -0.2) is 9.97 Å². The van der Waals surface area contributed by atoms with Gasteiger partial charge in [0, 0.05) is 6.20 Å². The van der Waals surface area contributed by atoms with Crippen LogP contribution in [0.3, 0.4) is 0 Å². The number of rotatable bonds is 3. The molecule has 0 aliphatic carbocycles. The second-order valence-electron chi connectivity index (χ2n) is 4.62. The molecule has 4 heteroatoms. The number of nitrogens with zero attached hydrogens (tertiary/aromatic N) is 2. The van der Waals surface area contributed by atoms with E-state index in [1.165, 1.54) is 0 Å². The molecule has 0 fully saturated rings. The number of benzene rings is 2. The normalized spacial score (nSPS) is 10.8. The highest BCUT2D eigenvalue weighted by atomic mass is 127. The summed E-state index contributed by atoms with van der Waals surface area (Å²) in [5.74, 6) is 0.708. The molecule has 1 heterocycles. The van der Waals surface area contributed by atoms with Gasteiger partial charge >= 0.3 is 0 Å². The standard InChI is InChI=1S/C17H12ClIN2/c18-16-14(19)11-20-17(21-16)15(12-7-3-1-4-8-12)13-9-5-2-6-10-13/h1-11,15H. The van der Waals surface area contributed by atoms with Crippen molar-refractivity contribution in [3.8, 4) is 0 Å². The number of aromatic nitrogens is 2. The van der Waals surface area contributed by atoms with Crippen LogP contribution in [0.5, 0.6) is 0 Å². The molecule has 3 aromatic rings. The molecule has 21 heavy (non-hydrogen) atoms. The average molecular weight is 407 g/mol. The van der Waals surface area contributed by atoms with Crippen LogP contribution in [0.15, 0.2) is 66.9 Å². The Hall–Kier alpha value is -1.46. The van der Waals surface area contributed by atoms with Crippen molar-refractivity contribution in [1.29, 1.82) is 0 Å². The molecule has 0 bridgehead atoms. The first-order valence-electron chi connectivity index (χ1n) is 6.53. The quantitative estimate of drug-likeness (QED) is 0.456. The van der Waals surface area contributed by atoms with Crippen molar-refractivity contribution in [2.24, 2.45) is 0 Å². The predicted molar refractivity (Wildman–Crippen MR) is 93.6 cm³/mol.